The van der Waals surface area contributed by atoms with Gasteiger partial charge >= 0.3 is 5.97 Å². The van der Waals surface area contributed by atoms with E-state index in [9.17, 15) is 9.90 Å². The van der Waals surface area contributed by atoms with Crippen LogP contribution in [0.4, 0.5) is 0 Å². The number of carbonyl (C=O) groups excluding carboxylic acids is 1. The van der Waals surface area contributed by atoms with Crippen molar-refractivity contribution in [3.63, 3.8) is 0 Å². The molecule has 1 aromatic carbocycles. The highest BCUT2D eigenvalue weighted by atomic mass is 16.5. The van der Waals surface area contributed by atoms with E-state index in [0.29, 0.717) is 0 Å². The molecule has 0 aliphatic heterocycles. The molecule has 0 radical (unpaired) electrons. The number of hydrogen-bond acceptors (Lipinski definition) is 3. The molecule has 0 aliphatic rings. The van der Waals surface area contributed by atoms with Crippen molar-refractivity contribution in [3.8, 4) is 11.5 Å². The average molecular weight is 192 g/mol. The first-order chi connectivity index (χ1) is 6.63. The Morgan fingerprint density at radius 3 is 2.86 bits per heavy atom. The molecule has 1 aromatic rings. The highest BCUT2D eigenvalue weighted by molar-refractivity contribution is 5.84. The van der Waals surface area contributed by atoms with Crippen molar-refractivity contribution in [2.45, 2.75) is 13.8 Å². The number of hydrogen-bond donors (Lipinski definition) is 1. The number of carbonyl (C=O) groups is 1. The van der Waals surface area contributed by atoms with Gasteiger partial charge < -0.3 is 9.84 Å². The minimum absolute atomic E-state index is 0.0338. The topological polar surface area (TPSA) is 46.5 Å². The normalized spacial score (nSPS) is 10.4. The van der Waals surface area contributed by atoms with Crippen LogP contribution in [0.5, 0.6) is 11.5 Å². The summed E-state index contributed by atoms with van der Waals surface area (Å²) >= 11 is 0. The molecule has 3 nitrogen and oxygen atoms in total. The first kappa shape index (κ1) is 10.3. The fraction of sp³-hybridized carbons (Fsp3) is 0.182. The van der Waals surface area contributed by atoms with Crippen LogP contribution < -0.4 is 4.74 Å². The van der Waals surface area contributed by atoms with Crippen LogP contribution in [0.25, 0.3) is 0 Å². The van der Waals surface area contributed by atoms with Crippen LogP contribution in [-0.4, -0.2) is 11.1 Å². The second kappa shape index (κ2) is 4.46. The van der Waals surface area contributed by atoms with Crippen LogP contribution in [0.3, 0.4) is 0 Å². The van der Waals surface area contributed by atoms with Gasteiger partial charge in [-0.3, -0.25) is 0 Å². The smallest absolute Gasteiger partial charge is 0.335 e. The van der Waals surface area contributed by atoms with Crippen LogP contribution in [0, 0.1) is 6.92 Å². The molecule has 0 atom stereocenters. The van der Waals surface area contributed by atoms with E-state index in [1.807, 2.05) is 6.92 Å². The number of phenolic OH excluding ortho intramolecular Hbond substituents is 1. The van der Waals surface area contributed by atoms with Crippen LogP contribution in [0.1, 0.15) is 12.5 Å². The van der Waals surface area contributed by atoms with E-state index in [-0.39, 0.29) is 11.5 Å². The molecule has 0 bridgehead atoms. The van der Waals surface area contributed by atoms with Gasteiger partial charge in [0.2, 0.25) is 0 Å². The molecule has 0 amide bonds. The molecule has 1 N–H and O–H groups in total. The Kier molecular flexibility index (Phi) is 3.29. The first-order valence-electron chi connectivity index (χ1n) is 4.27. The third-order valence-corrected chi connectivity index (χ3v) is 1.63. The van der Waals surface area contributed by atoms with Gasteiger partial charge in [-0.05, 0) is 31.5 Å². The minimum atomic E-state index is -0.492. The Hall–Kier alpha value is -1.77. The van der Waals surface area contributed by atoms with Gasteiger partial charge in [-0.25, -0.2) is 4.79 Å². The van der Waals surface area contributed by atoms with Gasteiger partial charge in [-0.1, -0.05) is 12.1 Å². The van der Waals surface area contributed by atoms with E-state index in [1.54, 1.807) is 25.1 Å². The summed E-state index contributed by atoms with van der Waals surface area (Å²) in [5.74, 6) is -0.338. The van der Waals surface area contributed by atoms with Crippen LogP contribution in [-0.2, 0) is 4.79 Å². The summed E-state index contributed by atoms with van der Waals surface area (Å²) in [4.78, 5) is 11.1. The second-order valence-electron chi connectivity index (χ2n) is 2.89. The van der Waals surface area contributed by atoms with Gasteiger partial charge in [-0.15, -0.1) is 0 Å². The largest absolute Gasteiger partial charge is 0.504 e. The molecule has 14 heavy (non-hydrogen) atoms. The lowest BCUT2D eigenvalue weighted by Gasteiger charge is -2.04. The molecule has 1 rings (SSSR count). The van der Waals surface area contributed by atoms with Gasteiger partial charge in [0, 0.05) is 6.08 Å². The van der Waals surface area contributed by atoms with Gasteiger partial charge in [0.25, 0.3) is 0 Å². The van der Waals surface area contributed by atoms with Crippen molar-refractivity contribution in [1.29, 1.82) is 0 Å². The molecule has 0 aliphatic carbocycles. The van der Waals surface area contributed by atoms with Crippen molar-refractivity contribution >= 4 is 5.97 Å². The van der Waals surface area contributed by atoms with Crippen molar-refractivity contribution < 1.29 is 14.6 Å². The second-order valence-corrected chi connectivity index (χ2v) is 2.89. The number of ether oxygens (including phenoxy) is 1. The van der Waals surface area contributed by atoms with Gasteiger partial charge in [-0.2, -0.15) is 0 Å². The highest BCUT2D eigenvalue weighted by Crippen LogP contribution is 2.26. The lowest BCUT2D eigenvalue weighted by molar-refractivity contribution is -0.129. The average Bonchev–Trinajstić information content (AvgIpc) is 2.12. The standard InChI is InChI=1S/C11H12O3/c1-3-4-11(13)14-10-7-8(2)5-6-9(10)12/h3-7,12H,1-2H3/b4-3+. The number of phenols is 1. The minimum Gasteiger partial charge on any atom is -0.504 e. The fourth-order valence-corrected chi connectivity index (χ4v) is 0.982. The predicted molar refractivity (Wildman–Crippen MR) is 53.3 cm³/mol. The summed E-state index contributed by atoms with van der Waals surface area (Å²) in [6, 6.07) is 4.84. The number of aromatic hydroxyl groups is 1. The molecule has 0 aromatic heterocycles. The molecule has 0 unspecified atom stereocenters. The number of allylic oxidation sites excluding steroid dienone is 1. The SMILES string of the molecule is C/C=C/C(=O)Oc1cc(C)ccc1O. The van der Waals surface area contributed by atoms with Crippen LogP contribution in [0.2, 0.25) is 0 Å². The van der Waals surface area contributed by atoms with Crippen LogP contribution in [0.15, 0.2) is 30.4 Å². The number of aryl methyl sites for hydroxylation is 1. The summed E-state index contributed by atoms with van der Waals surface area (Å²) in [7, 11) is 0. The van der Waals surface area contributed by atoms with E-state index in [2.05, 4.69) is 0 Å². The Labute approximate surface area is 82.6 Å². The predicted octanol–water partition coefficient (Wildman–Crippen LogP) is 2.18. The number of benzene rings is 1. The summed E-state index contributed by atoms with van der Waals surface area (Å²) in [6.07, 6.45) is 2.87. The maximum atomic E-state index is 11.1. The van der Waals surface area contributed by atoms with Crippen molar-refractivity contribution in [1.82, 2.24) is 0 Å². The fourth-order valence-electron chi connectivity index (χ4n) is 0.982. The van der Waals surface area contributed by atoms with Gasteiger partial charge in [0.05, 0.1) is 0 Å². The van der Waals surface area contributed by atoms with E-state index in [0.717, 1.165) is 5.56 Å². The summed E-state index contributed by atoms with van der Waals surface area (Å²) in [6.45, 7) is 3.57. The number of rotatable bonds is 2. The molecule has 3 heteroatoms. The van der Waals surface area contributed by atoms with E-state index < -0.39 is 5.97 Å². The lowest BCUT2D eigenvalue weighted by Crippen LogP contribution is -2.03. The summed E-state index contributed by atoms with van der Waals surface area (Å²) < 4.78 is 4.89. The number of esters is 1. The summed E-state index contributed by atoms with van der Waals surface area (Å²) in [5.41, 5.74) is 0.922. The highest BCUT2D eigenvalue weighted by Gasteiger charge is 2.05. The van der Waals surface area contributed by atoms with Crippen LogP contribution >= 0.6 is 0 Å². The van der Waals surface area contributed by atoms with E-state index in [4.69, 9.17) is 4.74 Å². The third-order valence-electron chi connectivity index (χ3n) is 1.63. The zero-order valence-corrected chi connectivity index (χ0v) is 8.15. The molecule has 0 heterocycles. The van der Waals surface area contributed by atoms with Crippen molar-refractivity contribution in [2.24, 2.45) is 0 Å². The van der Waals surface area contributed by atoms with Crippen molar-refractivity contribution in [3.05, 3.63) is 35.9 Å². The molecule has 0 saturated carbocycles. The molecule has 0 fully saturated rings. The van der Waals surface area contributed by atoms with Gasteiger partial charge in [0.15, 0.2) is 11.5 Å². The Morgan fingerprint density at radius 1 is 1.50 bits per heavy atom. The molecular formula is C11H12O3. The maximum absolute atomic E-state index is 11.1. The third kappa shape index (κ3) is 2.62. The molecular weight excluding hydrogens is 180 g/mol. The monoisotopic (exact) mass is 192 g/mol. The molecule has 0 saturated heterocycles. The Bertz CT molecular complexity index is 367. The Balaban J connectivity index is 2.85. The quantitative estimate of drug-likeness (QED) is 0.444. The Morgan fingerprint density at radius 2 is 2.21 bits per heavy atom. The first-order valence-corrected chi connectivity index (χ1v) is 4.27. The van der Waals surface area contributed by atoms with E-state index in [1.165, 1.54) is 12.1 Å². The zero-order chi connectivity index (χ0) is 10.6. The zero-order valence-electron chi connectivity index (χ0n) is 8.15. The van der Waals surface area contributed by atoms with Crippen molar-refractivity contribution in [2.75, 3.05) is 0 Å². The van der Waals surface area contributed by atoms with Gasteiger partial charge in [0.1, 0.15) is 0 Å². The maximum Gasteiger partial charge on any atom is 0.335 e. The summed E-state index contributed by atoms with van der Waals surface area (Å²) in [5, 5.41) is 9.35. The molecule has 74 valence electrons. The lowest BCUT2D eigenvalue weighted by atomic mass is 10.2. The molecule has 0 spiro atoms. The van der Waals surface area contributed by atoms with E-state index >= 15 is 0 Å².